The highest BCUT2D eigenvalue weighted by Gasteiger charge is 2.44. The van der Waals surface area contributed by atoms with E-state index in [2.05, 4.69) is 11.8 Å². The standard InChI is InChI=1S/C26H42O6/c1-4-7-8-18-21-26(24(27)28,25(29)30)22-19-16-14-12-10-9-11-13-15-17-20-23(31-5-2)32-6-3/h8,16,18-19,23H,4-7,9-15,21-22H2,1-3H3,(H,27,28)(H,29,30)/b18-8+,19-16+. The molecule has 0 aromatic carbocycles. The number of allylic oxidation sites excluding steroid dienone is 4. The third kappa shape index (κ3) is 13.3. The van der Waals surface area contributed by atoms with Gasteiger partial charge in [-0.25, -0.2) is 0 Å². The Labute approximate surface area is 194 Å². The van der Waals surface area contributed by atoms with Crippen LogP contribution < -0.4 is 0 Å². The van der Waals surface area contributed by atoms with E-state index in [1.807, 2.05) is 32.9 Å². The summed E-state index contributed by atoms with van der Waals surface area (Å²) in [5.74, 6) is 3.55. The zero-order chi connectivity index (χ0) is 24.1. The van der Waals surface area contributed by atoms with Gasteiger partial charge in [-0.1, -0.05) is 62.8 Å². The van der Waals surface area contributed by atoms with E-state index in [0.717, 1.165) is 57.8 Å². The molecule has 182 valence electrons. The van der Waals surface area contributed by atoms with Gasteiger partial charge in [-0.3, -0.25) is 9.59 Å². The van der Waals surface area contributed by atoms with Crippen LogP contribution in [0.4, 0.5) is 0 Å². The van der Waals surface area contributed by atoms with Crippen molar-refractivity contribution in [3.8, 4) is 11.8 Å². The van der Waals surface area contributed by atoms with Crippen molar-refractivity contribution in [3.63, 3.8) is 0 Å². The minimum absolute atomic E-state index is 0.000779. The summed E-state index contributed by atoms with van der Waals surface area (Å²) in [5.41, 5.74) is -1.79. The van der Waals surface area contributed by atoms with Crippen LogP contribution in [0.3, 0.4) is 0 Å². The second-order valence-corrected chi connectivity index (χ2v) is 7.70. The Balaban J connectivity index is 4.17. The van der Waals surface area contributed by atoms with Gasteiger partial charge >= 0.3 is 11.9 Å². The second-order valence-electron chi connectivity index (χ2n) is 7.70. The van der Waals surface area contributed by atoms with E-state index in [1.165, 1.54) is 0 Å². The van der Waals surface area contributed by atoms with Gasteiger partial charge in [0.1, 0.15) is 0 Å². The number of carboxylic acids is 2. The van der Waals surface area contributed by atoms with E-state index < -0.39 is 23.6 Å². The van der Waals surface area contributed by atoms with Gasteiger partial charge in [0.25, 0.3) is 0 Å². The Morgan fingerprint density at radius 1 is 0.812 bits per heavy atom. The van der Waals surface area contributed by atoms with Crippen LogP contribution >= 0.6 is 0 Å². The van der Waals surface area contributed by atoms with Crippen LogP contribution in [0.1, 0.15) is 91.4 Å². The summed E-state index contributed by atoms with van der Waals surface area (Å²) < 4.78 is 10.8. The maximum atomic E-state index is 11.7. The van der Waals surface area contributed by atoms with Crippen LogP contribution in [0.5, 0.6) is 0 Å². The Kier molecular flexibility index (Phi) is 18.3. The average Bonchev–Trinajstić information content (AvgIpc) is 2.75. The number of hydrogen-bond donors (Lipinski definition) is 2. The molecule has 0 spiro atoms. The van der Waals surface area contributed by atoms with Gasteiger partial charge in [-0.2, -0.15) is 0 Å². The fraction of sp³-hybridized carbons (Fsp3) is 0.692. The summed E-state index contributed by atoms with van der Waals surface area (Å²) >= 11 is 0. The maximum Gasteiger partial charge on any atom is 0.321 e. The number of ether oxygens (including phenoxy) is 2. The molecule has 0 saturated carbocycles. The Hall–Kier alpha value is -2.10. The first-order valence-electron chi connectivity index (χ1n) is 11.9. The van der Waals surface area contributed by atoms with Gasteiger partial charge in [0, 0.05) is 19.6 Å². The molecule has 0 aromatic heterocycles. The Morgan fingerprint density at radius 2 is 1.34 bits per heavy atom. The third-order valence-electron chi connectivity index (χ3n) is 5.07. The molecule has 0 aromatic rings. The zero-order valence-electron chi connectivity index (χ0n) is 20.1. The molecule has 0 aliphatic carbocycles. The summed E-state index contributed by atoms with van der Waals surface area (Å²) in [4.78, 5) is 23.3. The molecule has 0 unspecified atom stereocenters. The van der Waals surface area contributed by atoms with Crippen molar-refractivity contribution in [2.75, 3.05) is 13.2 Å². The van der Waals surface area contributed by atoms with E-state index in [0.29, 0.717) is 13.2 Å². The van der Waals surface area contributed by atoms with Crippen molar-refractivity contribution in [3.05, 3.63) is 24.3 Å². The first kappa shape index (κ1) is 29.9. The van der Waals surface area contributed by atoms with Crippen molar-refractivity contribution in [2.24, 2.45) is 5.41 Å². The number of unbranched alkanes of at least 4 members (excludes halogenated alkanes) is 7. The van der Waals surface area contributed by atoms with Crippen LogP contribution in [0, 0.1) is 17.3 Å². The molecule has 0 rings (SSSR count). The molecule has 0 saturated heterocycles. The number of carboxylic acid groups (broad SMARTS) is 2. The molecule has 0 aliphatic heterocycles. The highest BCUT2D eigenvalue weighted by molar-refractivity contribution is 5.98. The lowest BCUT2D eigenvalue weighted by Crippen LogP contribution is -2.38. The minimum atomic E-state index is -1.79. The lowest BCUT2D eigenvalue weighted by molar-refractivity contribution is -0.164. The predicted octanol–water partition coefficient (Wildman–Crippen LogP) is 5.97. The fourth-order valence-corrected chi connectivity index (χ4v) is 3.09. The summed E-state index contributed by atoms with van der Waals surface area (Å²) in [7, 11) is 0. The summed E-state index contributed by atoms with van der Waals surface area (Å²) in [5, 5.41) is 19.0. The molecule has 6 heteroatoms. The van der Waals surface area contributed by atoms with Crippen molar-refractivity contribution in [1.29, 1.82) is 0 Å². The average molecular weight is 451 g/mol. The summed E-state index contributed by atoms with van der Waals surface area (Å²) in [6, 6.07) is 0. The van der Waals surface area contributed by atoms with Crippen LogP contribution in [-0.4, -0.2) is 41.7 Å². The molecule has 0 atom stereocenters. The summed E-state index contributed by atoms with van der Waals surface area (Å²) in [6.45, 7) is 7.02. The van der Waals surface area contributed by atoms with Crippen LogP contribution in [0.25, 0.3) is 0 Å². The molecule has 0 amide bonds. The van der Waals surface area contributed by atoms with Crippen LogP contribution in [-0.2, 0) is 19.1 Å². The Bertz CT molecular complexity index is 606. The molecule has 0 aliphatic rings. The number of rotatable bonds is 19. The fourth-order valence-electron chi connectivity index (χ4n) is 3.09. The molecule has 0 fully saturated rings. The Morgan fingerprint density at radius 3 is 1.88 bits per heavy atom. The molecular weight excluding hydrogens is 408 g/mol. The van der Waals surface area contributed by atoms with Gasteiger partial charge in [0.2, 0.25) is 6.29 Å². The minimum Gasteiger partial charge on any atom is -0.480 e. The summed E-state index contributed by atoms with van der Waals surface area (Å²) in [6.07, 6.45) is 15.5. The quantitative estimate of drug-likeness (QED) is 0.0828. The molecule has 0 heterocycles. The topological polar surface area (TPSA) is 93.1 Å². The first-order chi connectivity index (χ1) is 15.4. The molecule has 0 radical (unpaired) electrons. The van der Waals surface area contributed by atoms with E-state index in [1.54, 1.807) is 12.2 Å². The van der Waals surface area contributed by atoms with Crippen molar-refractivity contribution >= 4 is 11.9 Å². The molecule has 32 heavy (non-hydrogen) atoms. The van der Waals surface area contributed by atoms with E-state index in [4.69, 9.17) is 9.47 Å². The number of carbonyl (C=O) groups is 2. The van der Waals surface area contributed by atoms with Crippen LogP contribution in [0.2, 0.25) is 0 Å². The SMILES string of the molecule is CCC/C=C/CC(C/C=C/CCCCCCCC#CC(OCC)OCC)(C(=O)O)C(=O)O. The highest BCUT2D eigenvalue weighted by Crippen LogP contribution is 2.29. The molecule has 0 bridgehead atoms. The lowest BCUT2D eigenvalue weighted by atomic mass is 9.80. The predicted molar refractivity (Wildman–Crippen MR) is 127 cm³/mol. The monoisotopic (exact) mass is 450 g/mol. The van der Waals surface area contributed by atoms with Crippen molar-refractivity contribution < 1.29 is 29.3 Å². The molecule has 2 N–H and O–H groups in total. The lowest BCUT2D eigenvalue weighted by Gasteiger charge is -2.21. The van der Waals surface area contributed by atoms with E-state index in [9.17, 15) is 19.8 Å². The second kappa shape index (κ2) is 19.6. The highest BCUT2D eigenvalue weighted by atomic mass is 16.7. The van der Waals surface area contributed by atoms with Gasteiger partial charge in [-0.05, 0) is 58.3 Å². The first-order valence-corrected chi connectivity index (χ1v) is 11.9. The number of hydrogen-bond acceptors (Lipinski definition) is 4. The molecular formula is C26H42O6. The van der Waals surface area contributed by atoms with Crippen LogP contribution in [0.15, 0.2) is 24.3 Å². The van der Waals surface area contributed by atoms with Crippen molar-refractivity contribution in [1.82, 2.24) is 0 Å². The largest absolute Gasteiger partial charge is 0.480 e. The maximum absolute atomic E-state index is 11.7. The third-order valence-corrected chi connectivity index (χ3v) is 5.07. The van der Waals surface area contributed by atoms with Gasteiger partial charge < -0.3 is 19.7 Å². The van der Waals surface area contributed by atoms with Gasteiger partial charge in [0.15, 0.2) is 5.41 Å². The van der Waals surface area contributed by atoms with Crippen molar-refractivity contribution in [2.45, 2.75) is 97.7 Å². The van der Waals surface area contributed by atoms with E-state index in [-0.39, 0.29) is 12.8 Å². The van der Waals surface area contributed by atoms with Gasteiger partial charge in [-0.15, -0.1) is 0 Å². The van der Waals surface area contributed by atoms with Gasteiger partial charge in [0.05, 0.1) is 0 Å². The molecule has 6 nitrogen and oxygen atoms in total. The van der Waals surface area contributed by atoms with E-state index >= 15 is 0 Å². The number of aliphatic carboxylic acids is 2. The normalized spacial score (nSPS) is 11.9. The zero-order valence-corrected chi connectivity index (χ0v) is 20.1. The smallest absolute Gasteiger partial charge is 0.321 e.